The molecule has 0 spiro atoms. The molecule has 0 aliphatic carbocycles. The van der Waals surface area contributed by atoms with E-state index in [1.54, 1.807) is 36.4 Å². The van der Waals surface area contributed by atoms with Gasteiger partial charge in [0.05, 0.1) is 24.8 Å². The molecule has 1 saturated heterocycles. The molecule has 1 fully saturated rings. The summed E-state index contributed by atoms with van der Waals surface area (Å²) in [5.41, 5.74) is 1.33. The Bertz CT molecular complexity index is 1100. The highest BCUT2D eigenvalue weighted by Gasteiger charge is 2.35. The molecule has 0 N–H and O–H groups in total. The van der Waals surface area contributed by atoms with Gasteiger partial charge in [0.1, 0.15) is 0 Å². The van der Waals surface area contributed by atoms with Crippen LogP contribution in [-0.2, 0) is 21.5 Å². The van der Waals surface area contributed by atoms with E-state index >= 15 is 0 Å². The molecule has 0 saturated carbocycles. The lowest BCUT2D eigenvalue weighted by atomic mass is 10.1. The van der Waals surface area contributed by atoms with Crippen molar-refractivity contribution in [1.29, 1.82) is 0 Å². The number of methoxy groups -OCH3 is 1. The van der Waals surface area contributed by atoms with Gasteiger partial charge in [-0.25, -0.2) is 0 Å². The number of carbonyl (C=O) groups is 2. The molecule has 2 aromatic carbocycles. The van der Waals surface area contributed by atoms with Crippen LogP contribution in [0.15, 0.2) is 47.4 Å². The number of hydrogen-bond acceptors (Lipinski definition) is 7. The number of thioether (sulfide) groups is 1. The van der Waals surface area contributed by atoms with E-state index in [2.05, 4.69) is 0 Å². The van der Waals surface area contributed by atoms with Crippen molar-refractivity contribution in [3.8, 4) is 11.5 Å². The minimum absolute atomic E-state index is 0.0305. The van der Waals surface area contributed by atoms with E-state index in [-0.39, 0.29) is 28.2 Å². The number of benzene rings is 2. The molecule has 2 amide bonds. The standard InChI is InChI=1S/C19H16ClNO6S2/c1-26-16-9-13(5-8-15(16)27-29(2,24)25)10-17-18(22)21(19(23)28-17)11-12-3-6-14(20)7-4-12/h3-10H,11H2,1-2H3/b17-10-. The van der Waals surface area contributed by atoms with Crippen molar-refractivity contribution >= 4 is 50.7 Å². The van der Waals surface area contributed by atoms with Crippen LogP contribution < -0.4 is 8.92 Å². The Morgan fingerprint density at radius 1 is 1.10 bits per heavy atom. The normalized spacial score (nSPS) is 15.8. The quantitative estimate of drug-likeness (QED) is 0.483. The van der Waals surface area contributed by atoms with Gasteiger partial charge in [0.25, 0.3) is 11.1 Å². The monoisotopic (exact) mass is 453 g/mol. The number of imide groups is 1. The SMILES string of the molecule is COc1cc(/C=C2\SC(=O)N(Cc3ccc(Cl)cc3)C2=O)ccc1OS(C)(=O)=O. The summed E-state index contributed by atoms with van der Waals surface area (Å²) in [5, 5.41) is 0.195. The van der Waals surface area contributed by atoms with Gasteiger partial charge in [-0.3, -0.25) is 14.5 Å². The third-order valence-corrected chi connectivity index (χ3v) is 5.50. The predicted molar refractivity (Wildman–Crippen MR) is 111 cm³/mol. The van der Waals surface area contributed by atoms with Gasteiger partial charge >= 0.3 is 10.1 Å². The van der Waals surface area contributed by atoms with Crippen LogP contribution in [0.2, 0.25) is 5.02 Å². The first-order valence-corrected chi connectivity index (χ1v) is 11.2. The molecule has 10 heteroatoms. The highest BCUT2D eigenvalue weighted by Crippen LogP contribution is 2.35. The first kappa shape index (κ1) is 21.2. The summed E-state index contributed by atoms with van der Waals surface area (Å²) >= 11 is 6.69. The smallest absolute Gasteiger partial charge is 0.306 e. The van der Waals surface area contributed by atoms with Crippen LogP contribution >= 0.6 is 23.4 Å². The summed E-state index contributed by atoms with van der Waals surface area (Å²) in [6, 6.07) is 11.4. The Labute approximate surface area is 177 Å². The average molecular weight is 454 g/mol. The third-order valence-electron chi connectivity index (χ3n) is 3.85. The Balaban J connectivity index is 1.82. The summed E-state index contributed by atoms with van der Waals surface area (Å²) in [7, 11) is -2.34. The zero-order chi connectivity index (χ0) is 21.2. The van der Waals surface area contributed by atoms with Crippen molar-refractivity contribution in [3.05, 3.63) is 63.5 Å². The van der Waals surface area contributed by atoms with E-state index in [9.17, 15) is 18.0 Å². The van der Waals surface area contributed by atoms with Gasteiger partial charge < -0.3 is 8.92 Å². The maximum absolute atomic E-state index is 12.7. The first-order valence-electron chi connectivity index (χ1n) is 8.23. The van der Waals surface area contributed by atoms with E-state index in [1.807, 2.05) is 0 Å². The maximum Gasteiger partial charge on any atom is 0.306 e. The number of ether oxygens (including phenoxy) is 1. The Morgan fingerprint density at radius 3 is 2.41 bits per heavy atom. The molecule has 29 heavy (non-hydrogen) atoms. The van der Waals surface area contributed by atoms with Crippen molar-refractivity contribution in [1.82, 2.24) is 4.90 Å². The van der Waals surface area contributed by atoms with Crippen molar-refractivity contribution < 1.29 is 26.9 Å². The molecule has 0 radical (unpaired) electrons. The van der Waals surface area contributed by atoms with Crippen molar-refractivity contribution in [3.63, 3.8) is 0 Å². The molecule has 0 aromatic heterocycles. The van der Waals surface area contributed by atoms with Gasteiger partial charge in [0.2, 0.25) is 0 Å². The van der Waals surface area contributed by atoms with Crippen LogP contribution in [0.4, 0.5) is 4.79 Å². The lowest BCUT2D eigenvalue weighted by Gasteiger charge is -2.12. The van der Waals surface area contributed by atoms with Crippen molar-refractivity contribution in [2.45, 2.75) is 6.54 Å². The molecule has 0 bridgehead atoms. The average Bonchev–Trinajstić information content (AvgIpc) is 2.91. The van der Waals surface area contributed by atoms with E-state index in [0.717, 1.165) is 28.5 Å². The van der Waals surface area contributed by atoms with Crippen LogP contribution in [0.25, 0.3) is 6.08 Å². The molecule has 0 unspecified atom stereocenters. The molecule has 2 aromatic rings. The first-order chi connectivity index (χ1) is 13.7. The highest BCUT2D eigenvalue weighted by atomic mass is 35.5. The second-order valence-electron chi connectivity index (χ2n) is 6.09. The Morgan fingerprint density at radius 2 is 1.79 bits per heavy atom. The van der Waals surface area contributed by atoms with Crippen LogP contribution in [0.5, 0.6) is 11.5 Å². The number of amides is 2. The van der Waals surface area contributed by atoms with Crippen molar-refractivity contribution in [2.75, 3.05) is 13.4 Å². The van der Waals surface area contributed by atoms with Gasteiger partial charge in [0, 0.05) is 5.02 Å². The van der Waals surface area contributed by atoms with Gasteiger partial charge in [0.15, 0.2) is 11.5 Å². The lowest BCUT2D eigenvalue weighted by Crippen LogP contribution is -2.27. The zero-order valence-electron chi connectivity index (χ0n) is 15.4. The summed E-state index contributed by atoms with van der Waals surface area (Å²) in [6.07, 6.45) is 2.47. The van der Waals surface area contributed by atoms with Gasteiger partial charge in [-0.05, 0) is 53.2 Å². The van der Waals surface area contributed by atoms with E-state index in [4.69, 9.17) is 20.5 Å². The second kappa shape index (κ2) is 8.48. The maximum atomic E-state index is 12.7. The fourth-order valence-corrected chi connectivity index (χ4v) is 3.99. The minimum atomic E-state index is -3.71. The summed E-state index contributed by atoms with van der Waals surface area (Å²) in [4.78, 5) is 26.3. The number of nitrogens with zero attached hydrogens (tertiary/aromatic N) is 1. The van der Waals surface area contributed by atoms with Crippen molar-refractivity contribution in [2.24, 2.45) is 0 Å². The van der Waals surface area contributed by atoms with E-state index in [0.29, 0.717) is 10.6 Å². The van der Waals surface area contributed by atoms with E-state index in [1.165, 1.54) is 19.2 Å². The van der Waals surface area contributed by atoms with Crippen LogP contribution in [-0.4, -0.2) is 37.8 Å². The number of rotatable bonds is 6. The van der Waals surface area contributed by atoms with Crippen LogP contribution in [0, 0.1) is 0 Å². The van der Waals surface area contributed by atoms with Gasteiger partial charge in [-0.2, -0.15) is 8.42 Å². The van der Waals surface area contributed by atoms with Crippen LogP contribution in [0.1, 0.15) is 11.1 Å². The number of halogens is 1. The summed E-state index contributed by atoms with van der Waals surface area (Å²) < 4.78 is 32.7. The van der Waals surface area contributed by atoms with Gasteiger partial charge in [-0.15, -0.1) is 0 Å². The predicted octanol–water partition coefficient (Wildman–Crippen LogP) is 3.92. The van der Waals surface area contributed by atoms with E-state index < -0.39 is 16.0 Å². The Hall–Kier alpha value is -2.49. The van der Waals surface area contributed by atoms with Crippen LogP contribution in [0.3, 0.4) is 0 Å². The fraction of sp³-hybridized carbons (Fsp3) is 0.158. The third kappa shape index (κ3) is 5.31. The second-order valence-corrected chi connectivity index (χ2v) is 9.10. The highest BCUT2D eigenvalue weighted by molar-refractivity contribution is 8.18. The minimum Gasteiger partial charge on any atom is -0.493 e. The largest absolute Gasteiger partial charge is 0.493 e. The summed E-state index contributed by atoms with van der Waals surface area (Å²) in [6.45, 7) is 0.142. The molecule has 1 aliphatic rings. The Kier molecular flexibility index (Phi) is 6.21. The molecule has 7 nitrogen and oxygen atoms in total. The molecule has 1 heterocycles. The molecular weight excluding hydrogens is 438 g/mol. The molecule has 1 aliphatic heterocycles. The molecular formula is C19H16ClNO6S2. The molecule has 3 rings (SSSR count). The number of hydrogen-bond donors (Lipinski definition) is 0. The van der Waals surface area contributed by atoms with Gasteiger partial charge in [-0.1, -0.05) is 29.8 Å². The number of carbonyl (C=O) groups excluding carboxylic acids is 2. The molecule has 0 atom stereocenters. The fourth-order valence-electron chi connectivity index (χ4n) is 2.57. The lowest BCUT2D eigenvalue weighted by molar-refractivity contribution is -0.123. The summed E-state index contributed by atoms with van der Waals surface area (Å²) in [5.74, 6) is -0.196. The zero-order valence-corrected chi connectivity index (χ0v) is 17.8. The topological polar surface area (TPSA) is 90.0 Å². The molecule has 152 valence electrons.